The van der Waals surface area contributed by atoms with Gasteiger partial charge in [-0.3, -0.25) is 9.36 Å². The highest BCUT2D eigenvalue weighted by molar-refractivity contribution is 7.99. The second kappa shape index (κ2) is 9.44. The van der Waals surface area contributed by atoms with Crippen molar-refractivity contribution in [2.45, 2.75) is 5.16 Å². The van der Waals surface area contributed by atoms with E-state index in [4.69, 9.17) is 9.47 Å². The molecular weight excluding hydrogens is 448 g/mol. The Morgan fingerprint density at radius 3 is 2.29 bits per heavy atom. The van der Waals surface area contributed by atoms with E-state index in [1.807, 2.05) is 59.3 Å². The lowest BCUT2D eigenvalue weighted by molar-refractivity contribution is 0.102. The van der Waals surface area contributed by atoms with Crippen molar-refractivity contribution in [3.8, 4) is 28.6 Å². The number of nitrogens with zero attached hydrogens (tertiary/aromatic N) is 3. The van der Waals surface area contributed by atoms with Gasteiger partial charge in [-0.1, -0.05) is 30.0 Å². The summed E-state index contributed by atoms with van der Waals surface area (Å²) in [7, 11) is 3.24. The van der Waals surface area contributed by atoms with Crippen LogP contribution in [-0.4, -0.2) is 45.5 Å². The summed E-state index contributed by atoms with van der Waals surface area (Å²) in [5.41, 5.74) is 3.46. The Hall–Kier alpha value is -4.04. The minimum absolute atomic E-state index is 0.00517. The fourth-order valence-electron chi connectivity index (χ4n) is 3.75. The molecule has 3 aromatic carbocycles. The Labute approximate surface area is 200 Å². The standard InChI is InChI=1S/C26H22N4O3S/c1-32-19-11-7-17(8-12-19)24(31)16-34-26-29-28-25(22-15-27-23-6-4-3-5-21(22)23)30(26)18-9-13-20(33-2)14-10-18/h3-15,27H,16H2,1-2H3. The van der Waals surface area contributed by atoms with Crippen LogP contribution in [0.1, 0.15) is 10.4 Å². The number of rotatable bonds is 8. The molecule has 34 heavy (non-hydrogen) atoms. The van der Waals surface area contributed by atoms with Gasteiger partial charge in [0, 0.05) is 33.9 Å². The van der Waals surface area contributed by atoms with Gasteiger partial charge in [0.2, 0.25) is 0 Å². The Bertz CT molecular complexity index is 1440. The van der Waals surface area contributed by atoms with Gasteiger partial charge in [-0.25, -0.2) is 0 Å². The van der Waals surface area contributed by atoms with E-state index in [0.717, 1.165) is 27.9 Å². The summed E-state index contributed by atoms with van der Waals surface area (Å²) in [5.74, 6) is 2.41. The molecule has 0 saturated carbocycles. The number of carbonyl (C=O) groups is 1. The van der Waals surface area contributed by atoms with Gasteiger partial charge in [-0.05, 0) is 54.6 Å². The van der Waals surface area contributed by atoms with Crippen molar-refractivity contribution in [2.24, 2.45) is 0 Å². The second-order valence-corrected chi connectivity index (χ2v) is 8.47. The van der Waals surface area contributed by atoms with Crippen molar-refractivity contribution >= 4 is 28.4 Å². The zero-order chi connectivity index (χ0) is 23.5. The predicted octanol–water partition coefficient (Wildman–Crippen LogP) is 5.41. The molecule has 0 aliphatic rings. The molecule has 0 atom stereocenters. The smallest absolute Gasteiger partial charge is 0.196 e. The molecule has 1 N–H and O–H groups in total. The van der Waals surface area contributed by atoms with Crippen molar-refractivity contribution in [3.05, 3.63) is 84.6 Å². The molecule has 7 nitrogen and oxygen atoms in total. The molecule has 2 aromatic heterocycles. The summed E-state index contributed by atoms with van der Waals surface area (Å²) < 4.78 is 12.5. The van der Waals surface area contributed by atoms with Crippen molar-refractivity contribution in [1.29, 1.82) is 0 Å². The lowest BCUT2D eigenvalue weighted by atomic mass is 10.1. The maximum atomic E-state index is 12.8. The summed E-state index contributed by atoms with van der Waals surface area (Å²) in [6.45, 7) is 0. The molecule has 0 amide bonds. The third-order valence-corrected chi connectivity index (χ3v) is 6.47. The molecule has 0 fully saturated rings. The lowest BCUT2D eigenvalue weighted by Crippen LogP contribution is -2.05. The first kappa shape index (κ1) is 21.8. The first-order valence-corrected chi connectivity index (χ1v) is 11.6. The summed E-state index contributed by atoms with van der Waals surface area (Å²) in [6.07, 6.45) is 1.94. The average Bonchev–Trinajstić information content (AvgIpc) is 3.51. The number of hydrogen-bond donors (Lipinski definition) is 1. The van der Waals surface area contributed by atoms with Crippen LogP contribution in [-0.2, 0) is 0 Å². The van der Waals surface area contributed by atoms with Gasteiger partial charge < -0.3 is 14.5 Å². The number of nitrogens with one attached hydrogen (secondary N) is 1. The largest absolute Gasteiger partial charge is 0.497 e. The zero-order valence-corrected chi connectivity index (χ0v) is 19.5. The third-order valence-electron chi connectivity index (χ3n) is 5.54. The highest BCUT2D eigenvalue weighted by atomic mass is 32.2. The van der Waals surface area contributed by atoms with E-state index >= 15 is 0 Å². The number of benzene rings is 3. The third kappa shape index (κ3) is 4.15. The van der Waals surface area contributed by atoms with Gasteiger partial charge in [0.15, 0.2) is 16.8 Å². The number of methoxy groups -OCH3 is 2. The van der Waals surface area contributed by atoms with Crippen LogP contribution in [0.4, 0.5) is 0 Å². The first-order chi connectivity index (χ1) is 16.7. The van der Waals surface area contributed by atoms with Crippen LogP contribution in [0.3, 0.4) is 0 Å². The van der Waals surface area contributed by atoms with Crippen molar-refractivity contribution in [2.75, 3.05) is 20.0 Å². The number of aromatic nitrogens is 4. The fraction of sp³-hybridized carbons (Fsp3) is 0.115. The van der Waals surface area contributed by atoms with E-state index in [1.165, 1.54) is 11.8 Å². The highest BCUT2D eigenvalue weighted by Gasteiger charge is 2.20. The molecule has 170 valence electrons. The molecule has 0 saturated heterocycles. The van der Waals surface area contributed by atoms with Crippen LogP contribution < -0.4 is 9.47 Å². The van der Waals surface area contributed by atoms with E-state index in [1.54, 1.807) is 38.5 Å². The summed E-state index contributed by atoms with van der Waals surface area (Å²) in [5, 5.41) is 10.6. The molecule has 0 radical (unpaired) electrons. The van der Waals surface area contributed by atoms with E-state index in [9.17, 15) is 4.79 Å². The van der Waals surface area contributed by atoms with Crippen LogP contribution in [0.25, 0.3) is 28.0 Å². The van der Waals surface area contributed by atoms with Crippen LogP contribution in [0.15, 0.2) is 84.1 Å². The summed E-state index contributed by atoms with van der Waals surface area (Å²) in [4.78, 5) is 16.1. The number of ketones is 1. The quantitative estimate of drug-likeness (QED) is 0.241. The minimum Gasteiger partial charge on any atom is -0.497 e. The van der Waals surface area contributed by atoms with E-state index in [0.29, 0.717) is 22.3 Å². The normalized spacial score (nSPS) is 11.0. The van der Waals surface area contributed by atoms with Gasteiger partial charge in [0.1, 0.15) is 11.5 Å². The molecular formula is C26H22N4O3S. The molecule has 0 unspecified atom stereocenters. The molecule has 0 aliphatic heterocycles. The van der Waals surface area contributed by atoms with Crippen molar-refractivity contribution in [3.63, 3.8) is 0 Å². The van der Waals surface area contributed by atoms with E-state index in [-0.39, 0.29) is 11.5 Å². The minimum atomic E-state index is 0.00517. The fourth-order valence-corrected chi connectivity index (χ4v) is 4.60. The number of thioether (sulfide) groups is 1. The maximum Gasteiger partial charge on any atom is 0.196 e. The average molecular weight is 471 g/mol. The Morgan fingerprint density at radius 1 is 0.912 bits per heavy atom. The van der Waals surface area contributed by atoms with Gasteiger partial charge in [-0.2, -0.15) is 0 Å². The topological polar surface area (TPSA) is 82.0 Å². The maximum absolute atomic E-state index is 12.8. The molecule has 0 aliphatic carbocycles. The van der Waals surface area contributed by atoms with E-state index < -0.39 is 0 Å². The van der Waals surface area contributed by atoms with Crippen LogP contribution in [0.5, 0.6) is 11.5 Å². The Morgan fingerprint density at radius 2 is 1.59 bits per heavy atom. The number of H-pyrrole nitrogens is 1. The predicted molar refractivity (Wildman–Crippen MR) is 133 cm³/mol. The number of Topliss-reactive ketones (excluding diaryl/α,β-unsaturated/α-hetero) is 1. The number of fused-ring (bicyclic) bond motifs is 1. The lowest BCUT2D eigenvalue weighted by Gasteiger charge is -2.11. The van der Waals surface area contributed by atoms with Crippen molar-refractivity contribution in [1.82, 2.24) is 19.7 Å². The Kier molecular flexibility index (Phi) is 6.05. The molecule has 0 spiro atoms. The molecule has 2 heterocycles. The summed E-state index contributed by atoms with van der Waals surface area (Å²) >= 11 is 1.36. The SMILES string of the molecule is COc1ccc(C(=O)CSc2nnc(-c3c[nH]c4ccccc34)n2-c2ccc(OC)cc2)cc1. The number of aromatic amines is 1. The zero-order valence-electron chi connectivity index (χ0n) is 18.7. The number of para-hydroxylation sites is 1. The van der Waals surface area contributed by atoms with Crippen LogP contribution >= 0.6 is 11.8 Å². The number of ether oxygens (including phenoxy) is 2. The monoisotopic (exact) mass is 470 g/mol. The van der Waals surface area contributed by atoms with Crippen molar-refractivity contribution < 1.29 is 14.3 Å². The number of hydrogen-bond acceptors (Lipinski definition) is 6. The second-order valence-electron chi connectivity index (χ2n) is 7.53. The van der Waals surface area contributed by atoms with Gasteiger partial charge >= 0.3 is 0 Å². The molecule has 5 rings (SSSR count). The Balaban J connectivity index is 1.51. The number of carbonyl (C=O) groups excluding carboxylic acids is 1. The van der Waals surface area contributed by atoms with E-state index in [2.05, 4.69) is 15.2 Å². The van der Waals surface area contributed by atoms with Gasteiger partial charge in [0.05, 0.1) is 20.0 Å². The van der Waals surface area contributed by atoms with Crippen LogP contribution in [0.2, 0.25) is 0 Å². The molecule has 5 aromatic rings. The van der Waals surface area contributed by atoms with Gasteiger partial charge in [0.25, 0.3) is 0 Å². The van der Waals surface area contributed by atoms with Gasteiger partial charge in [-0.15, -0.1) is 10.2 Å². The molecule has 0 bridgehead atoms. The van der Waals surface area contributed by atoms with Crippen LogP contribution in [0, 0.1) is 0 Å². The summed E-state index contributed by atoms with van der Waals surface area (Å²) in [6, 6.07) is 22.9. The molecule has 8 heteroatoms. The highest BCUT2D eigenvalue weighted by Crippen LogP contribution is 2.33. The first-order valence-electron chi connectivity index (χ1n) is 10.6.